The maximum Gasteiger partial charge on any atom is 0.174 e. The fourth-order valence-electron chi connectivity index (χ4n) is 1.24. The highest BCUT2D eigenvalue weighted by Crippen LogP contribution is 2.31. The van der Waals surface area contributed by atoms with Crippen LogP contribution in [0, 0.1) is 5.82 Å². The third kappa shape index (κ3) is 3.02. The maximum absolute atomic E-state index is 13.6. The van der Waals surface area contributed by atoms with Crippen molar-refractivity contribution in [3.05, 3.63) is 35.4 Å². The van der Waals surface area contributed by atoms with E-state index >= 15 is 0 Å². The molecule has 0 aliphatic heterocycles. The van der Waals surface area contributed by atoms with Crippen molar-refractivity contribution in [3.63, 3.8) is 0 Å². The average molecular weight is 270 g/mol. The highest BCUT2D eigenvalue weighted by Gasteiger charge is 2.09. The number of rotatable bonds is 4. The first-order valence-corrected chi connectivity index (χ1v) is 6.71. The molecule has 90 valence electrons. The van der Waals surface area contributed by atoms with Crippen LogP contribution in [0.4, 0.5) is 4.39 Å². The first kappa shape index (κ1) is 12.5. The molecule has 1 aromatic heterocycles. The molecule has 0 atom stereocenters. The average Bonchev–Trinajstić information content (AvgIpc) is 2.79. The summed E-state index contributed by atoms with van der Waals surface area (Å²) in [6.07, 6.45) is 0.781. The molecule has 1 heterocycles. The van der Waals surface area contributed by atoms with Crippen LogP contribution in [-0.4, -0.2) is 14.5 Å². The lowest BCUT2D eigenvalue weighted by atomic mass is 10.2. The molecule has 0 saturated heterocycles. The van der Waals surface area contributed by atoms with E-state index in [4.69, 9.17) is 5.11 Å². The zero-order chi connectivity index (χ0) is 12.3. The van der Waals surface area contributed by atoms with Crippen LogP contribution in [0.25, 0.3) is 0 Å². The first-order valence-electron chi connectivity index (χ1n) is 5.12. The summed E-state index contributed by atoms with van der Waals surface area (Å²) in [6, 6.07) is 4.69. The second-order valence-electron chi connectivity index (χ2n) is 3.36. The van der Waals surface area contributed by atoms with Crippen molar-refractivity contribution < 1.29 is 9.50 Å². The molecule has 0 fully saturated rings. The van der Waals surface area contributed by atoms with Crippen LogP contribution in [0.1, 0.15) is 18.3 Å². The van der Waals surface area contributed by atoms with Gasteiger partial charge in [0, 0.05) is 6.42 Å². The van der Waals surface area contributed by atoms with Gasteiger partial charge in [0.2, 0.25) is 0 Å². The molecule has 0 spiro atoms. The predicted octanol–water partition coefficient (Wildman–Crippen LogP) is 2.88. The van der Waals surface area contributed by atoms with E-state index in [1.807, 2.05) is 6.92 Å². The molecule has 2 aromatic rings. The van der Waals surface area contributed by atoms with Gasteiger partial charge in [-0.15, -0.1) is 0 Å². The highest BCUT2D eigenvalue weighted by atomic mass is 32.2. The molecule has 6 heteroatoms. The molecule has 0 aliphatic carbocycles. The molecule has 1 aromatic carbocycles. The minimum absolute atomic E-state index is 0.152. The van der Waals surface area contributed by atoms with E-state index in [2.05, 4.69) is 9.36 Å². The lowest BCUT2D eigenvalue weighted by molar-refractivity contribution is 0.281. The van der Waals surface area contributed by atoms with Crippen molar-refractivity contribution >= 4 is 23.3 Å². The molecular weight excluding hydrogens is 259 g/mol. The van der Waals surface area contributed by atoms with Crippen molar-refractivity contribution in [2.75, 3.05) is 0 Å². The topological polar surface area (TPSA) is 46.0 Å². The molecule has 0 saturated carbocycles. The number of hydrogen-bond acceptors (Lipinski definition) is 5. The Labute approximate surface area is 107 Å². The zero-order valence-electron chi connectivity index (χ0n) is 9.18. The van der Waals surface area contributed by atoms with Crippen molar-refractivity contribution in [1.29, 1.82) is 0 Å². The summed E-state index contributed by atoms with van der Waals surface area (Å²) in [6.45, 7) is 1.83. The largest absolute Gasteiger partial charge is 0.392 e. The fraction of sp³-hybridized carbons (Fsp3) is 0.273. The van der Waals surface area contributed by atoms with Gasteiger partial charge in [0.25, 0.3) is 0 Å². The number of aromatic nitrogens is 2. The minimum Gasteiger partial charge on any atom is -0.392 e. The van der Waals surface area contributed by atoms with Crippen LogP contribution < -0.4 is 0 Å². The van der Waals surface area contributed by atoms with Crippen LogP contribution in [0.15, 0.2) is 27.4 Å². The molecule has 3 nitrogen and oxygen atoms in total. The second kappa shape index (κ2) is 5.57. The molecule has 17 heavy (non-hydrogen) atoms. The number of halogens is 1. The van der Waals surface area contributed by atoms with Gasteiger partial charge in [-0.3, -0.25) is 0 Å². The van der Waals surface area contributed by atoms with Crippen LogP contribution in [0.2, 0.25) is 0 Å². The van der Waals surface area contributed by atoms with Gasteiger partial charge >= 0.3 is 0 Å². The molecule has 2 rings (SSSR count). The number of hydrogen-bond donors (Lipinski definition) is 1. The summed E-state index contributed by atoms with van der Waals surface area (Å²) < 4.78 is 18.5. The Hall–Kier alpha value is -0.980. The molecule has 0 unspecified atom stereocenters. The standard InChI is InChI=1S/C11H11FN2OS2/c1-2-10-13-11(17-14-10)16-9-4-3-7(6-15)5-8(9)12/h3-5,15H,2,6H2,1H3. The van der Waals surface area contributed by atoms with Crippen LogP contribution in [-0.2, 0) is 13.0 Å². The number of aryl methyl sites for hydroxylation is 1. The van der Waals surface area contributed by atoms with E-state index in [9.17, 15) is 4.39 Å². The maximum atomic E-state index is 13.6. The Bertz CT molecular complexity index is 516. The number of aliphatic hydroxyl groups is 1. The summed E-state index contributed by atoms with van der Waals surface area (Å²) in [5.74, 6) is 0.444. The zero-order valence-corrected chi connectivity index (χ0v) is 10.8. The Morgan fingerprint density at radius 2 is 2.29 bits per heavy atom. The summed E-state index contributed by atoms with van der Waals surface area (Å²) in [5.41, 5.74) is 0.568. The normalized spacial score (nSPS) is 10.8. The smallest absolute Gasteiger partial charge is 0.174 e. The van der Waals surface area contributed by atoms with Crippen molar-refractivity contribution in [2.45, 2.75) is 29.2 Å². The van der Waals surface area contributed by atoms with E-state index < -0.39 is 0 Å². The molecular formula is C11H11FN2OS2. The number of nitrogens with zero attached hydrogens (tertiary/aromatic N) is 2. The fourth-order valence-corrected chi connectivity index (χ4v) is 2.90. The molecule has 0 radical (unpaired) electrons. The van der Waals surface area contributed by atoms with Gasteiger partial charge in [-0.05, 0) is 29.2 Å². The number of aliphatic hydroxyl groups excluding tert-OH is 1. The van der Waals surface area contributed by atoms with Gasteiger partial charge in [0.1, 0.15) is 11.6 Å². The summed E-state index contributed by atoms with van der Waals surface area (Å²) in [5, 5.41) is 8.88. The van der Waals surface area contributed by atoms with Gasteiger partial charge in [0.05, 0.1) is 11.5 Å². The number of benzene rings is 1. The molecule has 0 bridgehead atoms. The van der Waals surface area contributed by atoms with E-state index in [1.54, 1.807) is 12.1 Å². The predicted molar refractivity (Wildman–Crippen MR) is 65.7 cm³/mol. The van der Waals surface area contributed by atoms with Gasteiger partial charge < -0.3 is 5.11 Å². The van der Waals surface area contributed by atoms with E-state index in [0.717, 1.165) is 16.6 Å². The van der Waals surface area contributed by atoms with Gasteiger partial charge in [-0.25, -0.2) is 9.37 Å². The van der Waals surface area contributed by atoms with E-state index in [-0.39, 0.29) is 12.4 Å². The van der Waals surface area contributed by atoms with E-state index in [0.29, 0.717) is 10.5 Å². The van der Waals surface area contributed by atoms with Gasteiger partial charge in [-0.2, -0.15) is 4.37 Å². The minimum atomic E-state index is -0.338. The Balaban J connectivity index is 2.18. The van der Waals surface area contributed by atoms with Crippen molar-refractivity contribution in [2.24, 2.45) is 0 Å². The summed E-state index contributed by atoms with van der Waals surface area (Å²) in [7, 11) is 0. The Morgan fingerprint density at radius 3 is 2.88 bits per heavy atom. The SMILES string of the molecule is CCc1nsc(Sc2ccc(CO)cc2F)n1. The second-order valence-corrected chi connectivity index (χ2v) is 5.40. The monoisotopic (exact) mass is 270 g/mol. The van der Waals surface area contributed by atoms with Gasteiger partial charge in [-0.1, -0.05) is 24.8 Å². The third-order valence-corrected chi connectivity index (χ3v) is 3.98. The Morgan fingerprint density at radius 1 is 1.47 bits per heavy atom. The van der Waals surface area contributed by atoms with Crippen molar-refractivity contribution in [1.82, 2.24) is 9.36 Å². The Kier molecular flexibility index (Phi) is 4.09. The molecule has 0 aliphatic rings. The third-order valence-electron chi connectivity index (χ3n) is 2.14. The molecule has 0 amide bonds. The molecule has 1 N–H and O–H groups in total. The lowest BCUT2D eigenvalue weighted by Gasteiger charge is -2.01. The first-order chi connectivity index (χ1) is 8.22. The van der Waals surface area contributed by atoms with Crippen molar-refractivity contribution in [3.8, 4) is 0 Å². The summed E-state index contributed by atoms with van der Waals surface area (Å²) >= 11 is 2.53. The summed E-state index contributed by atoms with van der Waals surface area (Å²) in [4.78, 5) is 4.76. The lowest BCUT2D eigenvalue weighted by Crippen LogP contribution is -1.87. The quantitative estimate of drug-likeness (QED) is 0.928. The highest BCUT2D eigenvalue weighted by molar-refractivity contribution is 8.01. The van der Waals surface area contributed by atoms with Crippen LogP contribution in [0.5, 0.6) is 0 Å². The van der Waals surface area contributed by atoms with Crippen LogP contribution >= 0.6 is 23.3 Å². The van der Waals surface area contributed by atoms with Crippen LogP contribution in [0.3, 0.4) is 0 Å². The van der Waals surface area contributed by atoms with E-state index in [1.165, 1.54) is 29.4 Å². The van der Waals surface area contributed by atoms with Gasteiger partial charge in [0.15, 0.2) is 4.34 Å².